The van der Waals surface area contributed by atoms with Gasteiger partial charge in [0, 0.05) is 25.6 Å². The number of nitrogens with one attached hydrogen (secondary N) is 1. The van der Waals surface area contributed by atoms with Crippen LogP contribution in [-0.2, 0) is 11.3 Å². The molecule has 2 aliphatic rings. The van der Waals surface area contributed by atoms with Gasteiger partial charge in [0.1, 0.15) is 0 Å². The maximum atomic E-state index is 12.9. The molecule has 0 spiro atoms. The molecule has 0 aromatic heterocycles. The molecule has 2 heterocycles. The minimum Gasteiger partial charge on any atom is -0.337 e. The molecular weight excluding hydrogens is 284 g/mol. The molecule has 0 radical (unpaired) electrons. The first-order valence-corrected chi connectivity index (χ1v) is 8.45. The fraction of sp³-hybridized carbons (Fsp3) is 0.350. The molecule has 1 saturated heterocycles. The van der Waals surface area contributed by atoms with E-state index >= 15 is 0 Å². The molecule has 1 amide bonds. The van der Waals surface area contributed by atoms with Gasteiger partial charge in [0.25, 0.3) is 0 Å². The summed E-state index contributed by atoms with van der Waals surface area (Å²) in [6, 6.07) is 19.1. The minimum atomic E-state index is 0.150. The standard InChI is InChI=1S/C20H22N2O/c23-20(16-10-11-21-12-16)22-13-17-8-4-5-9-18(17)19(14-22)15-6-2-1-3-7-15/h1-9,16,19,21H,10-14H2. The van der Waals surface area contributed by atoms with E-state index in [0.717, 1.165) is 32.6 Å². The molecule has 1 fully saturated rings. The van der Waals surface area contributed by atoms with Gasteiger partial charge in [0.15, 0.2) is 0 Å². The predicted molar refractivity (Wildman–Crippen MR) is 91.1 cm³/mol. The number of nitrogens with zero attached hydrogens (tertiary/aromatic N) is 1. The van der Waals surface area contributed by atoms with Crippen molar-refractivity contribution in [1.82, 2.24) is 10.2 Å². The molecule has 118 valence electrons. The Kier molecular flexibility index (Phi) is 3.88. The summed E-state index contributed by atoms with van der Waals surface area (Å²) in [4.78, 5) is 14.9. The van der Waals surface area contributed by atoms with Gasteiger partial charge in [-0.15, -0.1) is 0 Å². The fourth-order valence-corrected chi connectivity index (χ4v) is 3.87. The van der Waals surface area contributed by atoms with Crippen molar-refractivity contribution in [3.63, 3.8) is 0 Å². The third-order valence-electron chi connectivity index (χ3n) is 5.12. The molecule has 0 aliphatic carbocycles. The van der Waals surface area contributed by atoms with Crippen molar-refractivity contribution in [3.8, 4) is 0 Å². The summed E-state index contributed by atoms with van der Waals surface area (Å²) in [5.41, 5.74) is 3.95. The van der Waals surface area contributed by atoms with E-state index in [0.29, 0.717) is 5.91 Å². The van der Waals surface area contributed by atoms with Gasteiger partial charge in [0.2, 0.25) is 5.91 Å². The minimum absolute atomic E-state index is 0.150. The summed E-state index contributed by atoms with van der Waals surface area (Å²) >= 11 is 0. The largest absolute Gasteiger partial charge is 0.337 e. The number of carbonyl (C=O) groups excluding carboxylic acids is 1. The summed E-state index contributed by atoms with van der Waals surface area (Å²) in [7, 11) is 0. The Labute approximate surface area is 137 Å². The van der Waals surface area contributed by atoms with E-state index in [2.05, 4.69) is 58.7 Å². The van der Waals surface area contributed by atoms with Crippen molar-refractivity contribution >= 4 is 5.91 Å². The lowest BCUT2D eigenvalue weighted by Crippen LogP contribution is -2.42. The van der Waals surface area contributed by atoms with Gasteiger partial charge in [0.05, 0.1) is 5.92 Å². The van der Waals surface area contributed by atoms with Crippen molar-refractivity contribution < 1.29 is 4.79 Å². The molecule has 0 bridgehead atoms. The van der Waals surface area contributed by atoms with E-state index in [-0.39, 0.29) is 11.8 Å². The second-order valence-corrected chi connectivity index (χ2v) is 6.57. The fourth-order valence-electron chi connectivity index (χ4n) is 3.87. The van der Waals surface area contributed by atoms with Crippen LogP contribution in [0.25, 0.3) is 0 Å². The van der Waals surface area contributed by atoms with Gasteiger partial charge in [-0.25, -0.2) is 0 Å². The first kappa shape index (κ1) is 14.5. The molecule has 2 unspecified atom stereocenters. The molecule has 2 aromatic rings. The van der Waals surface area contributed by atoms with Crippen LogP contribution >= 0.6 is 0 Å². The van der Waals surface area contributed by atoms with Crippen molar-refractivity contribution in [2.75, 3.05) is 19.6 Å². The van der Waals surface area contributed by atoms with Gasteiger partial charge in [-0.3, -0.25) is 4.79 Å². The highest BCUT2D eigenvalue weighted by molar-refractivity contribution is 5.80. The maximum absolute atomic E-state index is 12.9. The van der Waals surface area contributed by atoms with E-state index in [4.69, 9.17) is 0 Å². The monoisotopic (exact) mass is 306 g/mol. The molecular formula is C20H22N2O. The Bertz CT molecular complexity index is 692. The van der Waals surface area contributed by atoms with Crippen molar-refractivity contribution in [2.45, 2.75) is 18.9 Å². The number of carbonyl (C=O) groups is 1. The SMILES string of the molecule is O=C(C1CCNC1)N1Cc2ccccc2C(c2ccccc2)C1. The number of benzene rings is 2. The first-order chi connectivity index (χ1) is 11.3. The number of hydrogen-bond donors (Lipinski definition) is 1. The Balaban J connectivity index is 1.67. The van der Waals surface area contributed by atoms with Crippen LogP contribution < -0.4 is 5.32 Å². The van der Waals surface area contributed by atoms with Crippen LogP contribution in [0.4, 0.5) is 0 Å². The molecule has 0 saturated carbocycles. The normalized spacial score (nSPS) is 23.6. The zero-order chi connectivity index (χ0) is 15.6. The zero-order valence-corrected chi connectivity index (χ0v) is 13.2. The van der Waals surface area contributed by atoms with Gasteiger partial charge < -0.3 is 10.2 Å². The van der Waals surface area contributed by atoms with Gasteiger partial charge in [-0.1, -0.05) is 54.6 Å². The van der Waals surface area contributed by atoms with Crippen molar-refractivity contribution in [2.24, 2.45) is 5.92 Å². The third-order valence-corrected chi connectivity index (χ3v) is 5.12. The summed E-state index contributed by atoms with van der Waals surface area (Å²) in [6.07, 6.45) is 0.965. The third kappa shape index (κ3) is 2.77. The lowest BCUT2D eigenvalue weighted by molar-refractivity contribution is -0.136. The highest BCUT2D eigenvalue weighted by Gasteiger charge is 2.33. The Morgan fingerprint density at radius 1 is 1.04 bits per heavy atom. The van der Waals surface area contributed by atoms with Gasteiger partial charge in [-0.2, -0.15) is 0 Å². The van der Waals surface area contributed by atoms with Crippen molar-refractivity contribution in [1.29, 1.82) is 0 Å². The number of amides is 1. The van der Waals surface area contributed by atoms with Crippen LogP contribution in [0.15, 0.2) is 54.6 Å². The smallest absolute Gasteiger partial charge is 0.227 e. The molecule has 2 atom stereocenters. The molecule has 3 heteroatoms. The van der Waals surface area contributed by atoms with Crippen LogP contribution in [0.2, 0.25) is 0 Å². The Hall–Kier alpha value is -2.13. The Morgan fingerprint density at radius 2 is 1.83 bits per heavy atom. The first-order valence-electron chi connectivity index (χ1n) is 8.45. The van der Waals surface area contributed by atoms with Crippen molar-refractivity contribution in [3.05, 3.63) is 71.3 Å². The second kappa shape index (κ2) is 6.17. The van der Waals surface area contributed by atoms with E-state index < -0.39 is 0 Å². The van der Waals surface area contributed by atoms with Gasteiger partial charge >= 0.3 is 0 Å². The molecule has 23 heavy (non-hydrogen) atoms. The quantitative estimate of drug-likeness (QED) is 0.925. The highest BCUT2D eigenvalue weighted by atomic mass is 16.2. The molecule has 4 rings (SSSR count). The van der Waals surface area contributed by atoms with Crippen LogP contribution in [0, 0.1) is 5.92 Å². The summed E-state index contributed by atoms with van der Waals surface area (Å²) in [5, 5.41) is 3.31. The maximum Gasteiger partial charge on any atom is 0.227 e. The summed E-state index contributed by atoms with van der Waals surface area (Å²) in [6.45, 7) is 3.32. The average molecular weight is 306 g/mol. The topological polar surface area (TPSA) is 32.3 Å². The highest BCUT2D eigenvalue weighted by Crippen LogP contribution is 2.34. The van der Waals surface area contributed by atoms with Crippen LogP contribution in [0.5, 0.6) is 0 Å². The predicted octanol–water partition coefficient (Wildman–Crippen LogP) is 2.77. The number of hydrogen-bond acceptors (Lipinski definition) is 2. The van der Waals surface area contributed by atoms with E-state index in [1.165, 1.54) is 16.7 Å². The lowest BCUT2D eigenvalue weighted by Gasteiger charge is -2.36. The van der Waals surface area contributed by atoms with Crippen LogP contribution in [0.1, 0.15) is 29.0 Å². The summed E-state index contributed by atoms with van der Waals surface area (Å²) in [5.74, 6) is 0.738. The number of fused-ring (bicyclic) bond motifs is 1. The van der Waals surface area contributed by atoms with Crippen LogP contribution in [-0.4, -0.2) is 30.4 Å². The van der Waals surface area contributed by atoms with E-state index in [1.807, 2.05) is 6.07 Å². The van der Waals surface area contributed by atoms with Crippen LogP contribution in [0.3, 0.4) is 0 Å². The molecule has 1 N–H and O–H groups in total. The second-order valence-electron chi connectivity index (χ2n) is 6.57. The molecule has 2 aromatic carbocycles. The number of rotatable bonds is 2. The molecule has 2 aliphatic heterocycles. The summed E-state index contributed by atoms with van der Waals surface area (Å²) < 4.78 is 0. The lowest BCUT2D eigenvalue weighted by atomic mass is 9.84. The average Bonchev–Trinajstić information content (AvgIpc) is 3.15. The zero-order valence-electron chi connectivity index (χ0n) is 13.2. The van der Waals surface area contributed by atoms with E-state index in [1.54, 1.807) is 0 Å². The molecule has 3 nitrogen and oxygen atoms in total. The van der Waals surface area contributed by atoms with Gasteiger partial charge in [-0.05, 0) is 29.7 Å². The Morgan fingerprint density at radius 3 is 2.61 bits per heavy atom. The van der Waals surface area contributed by atoms with E-state index in [9.17, 15) is 4.79 Å².